The van der Waals surface area contributed by atoms with Crippen LogP contribution in [0.4, 0.5) is 5.69 Å². The van der Waals surface area contributed by atoms with E-state index in [2.05, 4.69) is 11.8 Å². The van der Waals surface area contributed by atoms with E-state index in [1.807, 2.05) is 25.1 Å². The highest BCUT2D eigenvalue weighted by atomic mass is 16.5. The van der Waals surface area contributed by atoms with Crippen LogP contribution < -0.4 is 21.1 Å². The zero-order valence-corrected chi connectivity index (χ0v) is 13.0. The molecule has 4 N–H and O–H groups in total. The van der Waals surface area contributed by atoms with E-state index in [-0.39, 0.29) is 17.9 Å². The normalized spacial score (nSPS) is 23.7. The average molecular weight is 291 g/mol. The number of methoxy groups -OCH3 is 1. The van der Waals surface area contributed by atoms with Crippen molar-refractivity contribution >= 4 is 11.6 Å². The van der Waals surface area contributed by atoms with Gasteiger partial charge in [0.25, 0.3) is 0 Å². The molecule has 0 bridgehead atoms. The molecule has 0 radical (unpaired) electrons. The lowest BCUT2D eigenvalue weighted by molar-refractivity contribution is -0.122. The van der Waals surface area contributed by atoms with Crippen LogP contribution in [0.2, 0.25) is 0 Å². The molecule has 0 aliphatic carbocycles. The second-order valence-electron chi connectivity index (χ2n) is 5.86. The summed E-state index contributed by atoms with van der Waals surface area (Å²) < 4.78 is 5.45. The van der Waals surface area contributed by atoms with Crippen molar-refractivity contribution in [3.05, 3.63) is 23.8 Å². The number of nitrogens with two attached hydrogens (primary N) is 2. The number of benzene rings is 1. The molecule has 1 aliphatic heterocycles. The second kappa shape index (κ2) is 6.35. The molecule has 1 saturated heterocycles. The quantitative estimate of drug-likeness (QED) is 0.886. The van der Waals surface area contributed by atoms with E-state index in [0.29, 0.717) is 12.6 Å². The van der Waals surface area contributed by atoms with Gasteiger partial charge in [0.1, 0.15) is 5.75 Å². The molecule has 2 rings (SSSR count). The summed E-state index contributed by atoms with van der Waals surface area (Å²) in [4.78, 5) is 13.8. The first-order chi connectivity index (χ1) is 9.95. The van der Waals surface area contributed by atoms with Gasteiger partial charge in [0.2, 0.25) is 5.91 Å². The Kier molecular flexibility index (Phi) is 4.73. The molecular formula is C16H25N3O2. The maximum atomic E-state index is 11.5. The predicted molar refractivity (Wildman–Crippen MR) is 84.3 cm³/mol. The molecule has 0 saturated carbocycles. The predicted octanol–water partition coefficient (Wildman–Crippen LogP) is 1.81. The van der Waals surface area contributed by atoms with Gasteiger partial charge in [-0.1, -0.05) is 6.07 Å². The SMILES string of the molecule is COc1cccc(N2CC(C(N)=O)CCC2C)c1C(C)N. The van der Waals surface area contributed by atoms with Crippen LogP contribution in [0.1, 0.15) is 38.3 Å². The van der Waals surface area contributed by atoms with Gasteiger partial charge in [-0.2, -0.15) is 0 Å². The van der Waals surface area contributed by atoms with Crippen LogP contribution in [0.5, 0.6) is 5.75 Å². The van der Waals surface area contributed by atoms with Crippen molar-refractivity contribution < 1.29 is 9.53 Å². The van der Waals surface area contributed by atoms with Crippen LogP contribution in [-0.2, 0) is 4.79 Å². The standard InChI is InChI=1S/C16H25N3O2/c1-10-7-8-12(16(18)20)9-19(10)13-5-4-6-14(21-3)15(13)11(2)17/h4-6,10-12H,7-9,17H2,1-3H3,(H2,18,20). The van der Waals surface area contributed by atoms with E-state index in [0.717, 1.165) is 29.8 Å². The number of rotatable bonds is 4. The molecule has 5 nitrogen and oxygen atoms in total. The largest absolute Gasteiger partial charge is 0.496 e. The van der Waals surface area contributed by atoms with Gasteiger partial charge in [-0.25, -0.2) is 0 Å². The van der Waals surface area contributed by atoms with E-state index in [1.54, 1.807) is 7.11 Å². The van der Waals surface area contributed by atoms with E-state index >= 15 is 0 Å². The van der Waals surface area contributed by atoms with Crippen molar-refractivity contribution in [3.63, 3.8) is 0 Å². The number of amides is 1. The maximum absolute atomic E-state index is 11.5. The number of primary amides is 1. The van der Waals surface area contributed by atoms with Gasteiger partial charge in [0, 0.05) is 29.9 Å². The van der Waals surface area contributed by atoms with Crippen LogP contribution in [0.25, 0.3) is 0 Å². The van der Waals surface area contributed by atoms with Crippen LogP contribution in [-0.4, -0.2) is 25.6 Å². The van der Waals surface area contributed by atoms with Crippen LogP contribution in [0.3, 0.4) is 0 Å². The number of hydrogen-bond acceptors (Lipinski definition) is 4. The number of carbonyl (C=O) groups is 1. The van der Waals surface area contributed by atoms with E-state index < -0.39 is 0 Å². The number of nitrogens with zero attached hydrogens (tertiary/aromatic N) is 1. The van der Waals surface area contributed by atoms with Crippen LogP contribution >= 0.6 is 0 Å². The number of hydrogen-bond donors (Lipinski definition) is 2. The Balaban J connectivity index is 2.41. The molecule has 1 aliphatic rings. The van der Waals surface area contributed by atoms with E-state index in [9.17, 15) is 4.79 Å². The van der Waals surface area contributed by atoms with Gasteiger partial charge in [-0.05, 0) is 38.8 Å². The third kappa shape index (κ3) is 3.13. The topological polar surface area (TPSA) is 81.6 Å². The van der Waals surface area contributed by atoms with Crippen molar-refractivity contribution in [2.24, 2.45) is 17.4 Å². The van der Waals surface area contributed by atoms with E-state index in [4.69, 9.17) is 16.2 Å². The number of ether oxygens (including phenoxy) is 1. The molecule has 0 spiro atoms. The molecule has 1 heterocycles. The smallest absolute Gasteiger partial charge is 0.222 e. The van der Waals surface area contributed by atoms with Crippen molar-refractivity contribution in [1.82, 2.24) is 0 Å². The molecule has 1 aromatic carbocycles. The summed E-state index contributed by atoms with van der Waals surface area (Å²) in [7, 11) is 1.65. The number of piperidine rings is 1. The summed E-state index contributed by atoms with van der Waals surface area (Å²) in [6.07, 6.45) is 1.80. The lowest BCUT2D eigenvalue weighted by atomic mass is 9.91. The summed E-state index contributed by atoms with van der Waals surface area (Å²) >= 11 is 0. The number of carbonyl (C=O) groups excluding carboxylic acids is 1. The van der Waals surface area contributed by atoms with Crippen LogP contribution in [0.15, 0.2) is 18.2 Å². The molecule has 0 aromatic heterocycles. The lowest BCUT2D eigenvalue weighted by Gasteiger charge is -2.40. The Labute approximate surface area is 126 Å². The number of anilines is 1. The Morgan fingerprint density at radius 3 is 2.71 bits per heavy atom. The van der Waals surface area contributed by atoms with Gasteiger partial charge in [0.05, 0.1) is 13.0 Å². The Hall–Kier alpha value is -1.75. The highest BCUT2D eigenvalue weighted by Crippen LogP contribution is 2.37. The summed E-state index contributed by atoms with van der Waals surface area (Å²) in [5.74, 6) is 0.460. The summed E-state index contributed by atoms with van der Waals surface area (Å²) in [6.45, 7) is 4.76. The first kappa shape index (κ1) is 15.6. The average Bonchev–Trinajstić information content (AvgIpc) is 2.46. The Morgan fingerprint density at radius 1 is 1.43 bits per heavy atom. The molecule has 116 valence electrons. The molecule has 3 atom stereocenters. The molecular weight excluding hydrogens is 266 g/mol. The first-order valence-electron chi connectivity index (χ1n) is 7.44. The highest BCUT2D eigenvalue weighted by molar-refractivity contribution is 5.78. The van der Waals surface area contributed by atoms with Gasteiger partial charge >= 0.3 is 0 Å². The summed E-state index contributed by atoms with van der Waals surface area (Å²) in [5, 5.41) is 0. The lowest BCUT2D eigenvalue weighted by Crippen LogP contribution is -2.46. The first-order valence-corrected chi connectivity index (χ1v) is 7.44. The molecule has 21 heavy (non-hydrogen) atoms. The zero-order chi connectivity index (χ0) is 15.6. The minimum Gasteiger partial charge on any atom is -0.496 e. The Bertz CT molecular complexity index is 516. The zero-order valence-electron chi connectivity index (χ0n) is 13.0. The monoisotopic (exact) mass is 291 g/mol. The van der Waals surface area contributed by atoms with Crippen molar-refractivity contribution in [2.75, 3.05) is 18.6 Å². The third-order valence-corrected chi connectivity index (χ3v) is 4.31. The highest BCUT2D eigenvalue weighted by Gasteiger charge is 2.31. The fourth-order valence-corrected chi connectivity index (χ4v) is 3.09. The van der Waals surface area contributed by atoms with Gasteiger partial charge in [-0.15, -0.1) is 0 Å². The molecule has 5 heteroatoms. The minimum atomic E-state index is -0.225. The fourth-order valence-electron chi connectivity index (χ4n) is 3.09. The van der Waals surface area contributed by atoms with E-state index in [1.165, 1.54) is 0 Å². The van der Waals surface area contributed by atoms with Gasteiger partial charge in [-0.3, -0.25) is 4.79 Å². The van der Waals surface area contributed by atoms with Crippen molar-refractivity contribution in [2.45, 2.75) is 38.8 Å². The maximum Gasteiger partial charge on any atom is 0.222 e. The molecule has 1 amide bonds. The Morgan fingerprint density at radius 2 is 2.14 bits per heavy atom. The van der Waals surface area contributed by atoms with Crippen LogP contribution in [0, 0.1) is 5.92 Å². The van der Waals surface area contributed by atoms with Gasteiger partial charge < -0.3 is 21.1 Å². The minimum absolute atomic E-state index is 0.103. The second-order valence-corrected chi connectivity index (χ2v) is 5.86. The molecule has 3 unspecified atom stereocenters. The van der Waals surface area contributed by atoms with Crippen molar-refractivity contribution in [3.8, 4) is 5.75 Å². The molecule has 1 aromatic rings. The molecule has 1 fully saturated rings. The van der Waals surface area contributed by atoms with Gasteiger partial charge in [0.15, 0.2) is 0 Å². The third-order valence-electron chi connectivity index (χ3n) is 4.31. The fraction of sp³-hybridized carbons (Fsp3) is 0.562. The summed E-state index contributed by atoms with van der Waals surface area (Å²) in [5.41, 5.74) is 13.7. The summed E-state index contributed by atoms with van der Waals surface area (Å²) in [6, 6.07) is 6.13. The van der Waals surface area contributed by atoms with Crippen molar-refractivity contribution in [1.29, 1.82) is 0 Å².